The van der Waals surface area contributed by atoms with Crippen molar-refractivity contribution in [3.05, 3.63) is 78.1 Å². The van der Waals surface area contributed by atoms with E-state index in [4.69, 9.17) is 0 Å². The quantitative estimate of drug-likeness (QED) is 0.735. The predicted octanol–water partition coefficient (Wildman–Crippen LogP) is 3.64. The number of para-hydroxylation sites is 1. The third-order valence-electron chi connectivity index (χ3n) is 3.72. The third-order valence-corrected chi connectivity index (χ3v) is 3.72. The highest BCUT2D eigenvalue weighted by Crippen LogP contribution is 2.32. The molecular weight excluding hydrogens is 286 g/mol. The summed E-state index contributed by atoms with van der Waals surface area (Å²) >= 11 is 0. The Morgan fingerprint density at radius 3 is 2.35 bits per heavy atom. The van der Waals surface area contributed by atoms with E-state index in [2.05, 4.69) is 15.3 Å². The summed E-state index contributed by atoms with van der Waals surface area (Å²) in [5.41, 5.74) is 4.15. The zero-order chi connectivity index (χ0) is 15.6. The Bertz CT molecular complexity index is 899. The van der Waals surface area contributed by atoms with Gasteiger partial charge in [0.05, 0.1) is 0 Å². The second kappa shape index (κ2) is 5.50. The number of amides is 1. The molecule has 0 bridgehead atoms. The lowest BCUT2D eigenvalue weighted by atomic mass is 10.1. The van der Waals surface area contributed by atoms with Crippen molar-refractivity contribution in [3.63, 3.8) is 0 Å². The van der Waals surface area contributed by atoms with Crippen LogP contribution in [-0.2, 0) is 4.79 Å². The maximum atomic E-state index is 12.1. The van der Waals surface area contributed by atoms with Crippen LogP contribution < -0.4 is 5.32 Å². The minimum absolute atomic E-state index is 0.0988. The number of nitrogens with zero attached hydrogens (tertiary/aromatic N) is 2. The number of hydrogen-bond donors (Lipinski definition) is 1. The fourth-order valence-corrected chi connectivity index (χ4v) is 2.60. The molecule has 1 aliphatic heterocycles. The van der Waals surface area contributed by atoms with Gasteiger partial charge in [-0.25, -0.2) is 9.97 Å². The third kappa shape index (κ3) is 2.51. The molecule has 0 saturated heterocycles. The van der Waals surface area contributed by atoms with E-state index in [9.17, 15) is 4.79 Å². The Morgan fingerprint density at radius 1 is 0.870 bits per heavy atom. The van der Waals surface area contributed by atoms with Gasteiger partial charge in [0.2, 0.25) is 0 Å². The lowest BCUT2D eigenvalue weighted by molar-refractivity contribution is -0.110. The summed E-state index contributed by atoms with van der Waals surface area (Å²) in [6.07, 6.45) is 5.28. The molecule has 4 nitrogen and oxygen atoms in total. The molecule has 0 spiro atoms. The normalized spacial score (nSPS) is 14.6. The Labute approximate surface area is 133 Å². The molecule has 3 aromatic rings. The Balaban J connectivity index is 1.68. The molecule has 23 heavy (non-hydrogen) atoms. The van der Waals surface area contributed by atoms with E-state index < -0.39 is 0 Å². The van der Waals surface area contributed by atoms with Gasteiger partial charge in [0.25, 0.3) is 5.91 Å². The van der Waals surface area contributed by atoms with Gasteiger partial charge in [0.15, 0.2) is 5.82 Å². The van der Waals surface area contributed by atoms with Crippen LogP contribution in [0.3, 0.4) is 0 Å². The van der Waals surface area contributed by atoms with Crippen molar-refractivity contribution in [3.8, 4) is 11.4 Å². The number of nitrogens with one attached hydrogen (secondary N) is 1. The molecule has 2 heterocycles. The Kier molecular flexibility index (Phi) is 3.20. The molecule has 0 fully saturated rings. The average molecular weight is 299 g/mol. The monoisotopic (exact) mass is 299 g/mol. The number of benzene rings is 2. The molecule has 1 aliphatic rings. The van der Waals surface area contributed by atoms with Crippen LogP contribution in [0.5, 0.6) is 0 Å². The van der Waals surface area contributed by atoms with E-state index in [1.807, 2.05) is 60.7 Å². The molecule has 110 valence electrons. The van der Waals surface area contributed by atoms with Crippen LogP contribution in [0.2, 0.25) is 0 Å². The van der Waals surface area contributed by atoms with Gasteiger partial charge in [0, 0.05) is 40.3 Å². The van der Waals surface area contributed by atoms with Gasteiger partial charge in [-0.05, 0) is 12.1 Å². The summed E-state index contributed by atoms with van der Waals surface area (Å²) in [6, 6.07) is 17.4. The highest BCUT2D eigenvalue weighted by atomic mass is 16.2. The van der Waals surface area contributed by atoms with Crippen molar-refractivity contribution in [1.82, 2.24) is 9.97 Å². The maximum absolute atomic E-state index is 12.1. The summed E-state index contributed by atoms with van der Waals surface area (Å²) < 4.78 is 0. The first-order valence-electron chi connectivity index (χ1n) is 7.31. The second-order valence-electron chi connectivity index (χ2n) is 5.26. The number of rotatable bonds is 2. The molecule has 4 heteroatoms. The van der Waals surface area contributed by atoms with Gasteiger partial charge >= 0.3 is 0 Å². The van der Waals surface area contributed by atoms with Crippen LogP contribution in [-0.4, -0.2) is 15.9 Å². The van der Waals surface area contributed by atoms with E-state index in [-0.39, 0.29) is 5.91 Å². The zero-order valence-corrected chi connectivity index (χ0v) is 12.2. The van der Waals surface area contributed by atoms with Crippen LogP contribution in [0.15, 0.2) is 67.0 Å². The van der Waals surface area contributed by atoms with Crippen molar-refractivity contribution < 1.29 is 4.79 Å². The lowest BCUT2D eigenvalue weighted by Crippen LogP contribution is -2.03. The first-order valence-corrected chi connectivity index (χ1v) is 7.31. The standard InChI is InChI=1S/C19H13N3O/c23-19-16(15-8-4-5-9-17(15)22-19)10-13-11-20-18(21-12-13)14-6-2-1-3-7-14/h1-12H,(H,22,23)/b16-10-. The molecule has 0 unspecified atom stereocenters. The first kappa shape index (κ1) is 13.4. The number of carbonyl (C=O) groups excluding carboxylic acids is 1. The summed E-state index contributed by atoms with van der Waals surface area (Å²) in [6.45, 7) is 0. The molecule has 0 aliphatic carbocycles. The molecule has 2 aromatic carbocycles. The Morgan fingerprint density at radius 2 is 1.57 bits per heavy atom. The number of anilines is 1. The van der Waals surface area contributed by atoms with Gasteiger partial charge in [-0.2, -0.15) is 0 Å². The summed E-state index contributed by atoms with van der Waals surface area (Å²) in [5, 5.41) is 2.86. The van der Waals surface area contributed by atoms with Gasteiger partial charge in [0.1, 0.15) is 0 Å². The minimum atomic E-state index is -0.0988. The van der Waals surface area contributed by atoms with Crippen molar-refractivity contribution in [2.75, 3.05) is 5.32 Å². The van der Waals surface area contributed by atoms with E-state index in [0.717, 1.165) is 22.4 Å². The molecular formula is C19H13N3O. The van der Waals surface area contributed by atoms with E-state index >= 15 is 0 Å². The highest BCUT2D eigenvalue weighted by Gasteiger charge is 2.23. The molecule has 0 atom stereocenters. The van der Waals surface area contributed by atoms with Crippen molar-refractivity contribution in [2.24, 2.45) is 0 Å². The minimum Gasteiger partial charge on any atom is -0.321 e. The summed E-state index contributed by atoms with van der Waals surface area (Å²) in [4.78, 5) is 20.9. The molecule has 1 amide bonds. The predicted molar refractivity (Wildman–Crippen MR) is 90.4 cm³/mol. The number of carbonyl (C=O) groups is 1. The van der Waals surface area contributed by atoms with Crippen molar-refractivity contribution in [1.29, 1.82) is 0 Å². The van der Waals surface area contributed by atoms with Crippen LogP contribution in [0, 0.1) is 0 Å². The number of hydrogen-bond acceptors (Lipinski definition) is 3. The lowest BCUT2D eigenvalue weighted by Gasteiger charge is -2.01. The van der Waals surface area contributed by atoms with Gasteiger partial charge in [-0.1, -0.05) is 48.5 Å². The van der Waals surface area contributed by atoms with Gasteiger partial charge in [-0.15, -0.1) is 0 Å². The average Bonchev–Trinajstić information content (AvgIpc) is 2.92. The van der Waals surface area contributed by atoms with Crippen LogP contribution >= 0.6 is 0 Å². The van der Waals surface area contributed by atoms with E-state index in [0.29, 0.717) is 11.4 Å². The van der Waals surface area contributed by atoms with Crippen LogP contribution in [0.1, 0.15) is 11.1 Å². The van der Waals surface area contributed by atoms with Crippen LogP contribution in [0.4, 0.5) is 5.69 Å². The van der Waals surface area contributed by atoms with Gasteiger partial charge < -0.3 is 5.32 Å². The number of aromatic nitrogens is 2. The van der Waals surface area contributed by atoms with Crippen molar-refractivity contribution in [2.45, 2.75) is 0 Å². The van der Waals surface area contributed by atoms with Crippen LogP contribution in [0.25, 0.3) is 23.0 Å². The molecule has 0 radical (unpaired) electrons. The largest absolute Gasteiger partial charge is 0.321 e. The Hall–Kier alpha value is -3.27. The SMILES string of the molecule is O=C1Nc2ccccc2/C1=C/c1cnc(-c2ccccc2)nc1. The summed E-state index contributed by atoms with van der Waals surface area (Å²) in [7, 11) is 0. The van der Waals surface area contributed by atoms with E-state index in [1.165, 1.54) is 0 Å². The van der Waals surface area contributed by atoms with Gasteiger partial charge in [-0.3, -0.25) is 4.79 Å². The smallest absolute Gasteiger partial charge is 0.256 e. The first-order chi connectivity index (χ1) is 11.3. The molecule has 0 saturated carbocycles. The molecule has 1 N–H and O–H groups in total. The fraction of sp³-hybridized carbons (Fsp3) is 0. The zero-order valence-electron chi connectivity index (χ0n) is 12.2. The summed E-state index contributed by atoms with van der Waals surface area (Å²) in [5.74, 6) is 0.572. The maximum Gasteiger partial charge on any atom is 0.256 e. The molecule has 4 rings (SSSR count). The second-order valence-corrected chi connectivity index (χ2v) is 5.26. The van der Waals surface area contributed by atoms with E-state index in [1.54, 1.807) is 12.4 Å². The fourth-order valence-electron chi connectivity index (χ4n) is 2.60. The topological polar surface area (TPSA) is 54.9 Å². The number of fused-ring (bicyclic) bond motifs is 1. The molecule has 1 aromatic heterocycles. The van der Waals surface area contributed by atoms with Crippen molar-refractivity contribution >= 4 is 23.2 Å². The highest BCUT2D eigenvalue weighted by molar-refractivity contribution is 6.34.